The lowest BCUT2D eigenvalue weighted by atomic mass is 10.4. The van der Waals surface area contributed by atoms with Crippen LogP contribution in [0.25, 0.3) is 0 Å². The minimum Gasteiger partial charge on any atom is -0.363 e. The third kappa shape index (κ3) is 1.31. The van der Waals surface area contributed by atoms with Gasteiger partial charge in [-0.1, -0.05) is 0 Å². The lowest BCUT2D eigenvalue weighted by Crippen LogP contribution is -2.42. The van der Waals surface area contributed by atoms with Gasteiger partial charge >= 0.3 is 0 Å². The Kier molecular flexibility index (Phi) is 1.46. The summed E-state index contributed by atoms with van der Waals surface area (Å²) in [5.74, 6) is 0. The van der Waals surface area contributed by atoms with Gasteiger partial charge in [0, 0.05) is 13.1 Å². The van der Waals surface area contributed by atoms with Crippen molar-refractivity contribution in [3.63, 3.8) is 0 Å². The lowest BCUT2D eigenvalue weighted by molar-refractivity contribution is 0.680. The second kappa shape index (κ2) is 2.12. The highest BCUT2D eigenvalue weighted by molar-refractivity contribution is 7.80. The summed E-state index contributed by atoms with van der Waals surface area (Å²) in [4.78, 5) is 0. The van der Waals surface area contributed by atoms with Gasteiger partial charge in [0.2, 0.25) is 0 Å². The average Bonchev–Trinajstić information content (AvgIpc) is 1.69. The van der Waals surface area contributed by atoms with Gasteiger partial charge in [-0.25, -0.2) is 0 Å². The van der Waals surface area contributed by atoms with Crippen molar-refractivity contribution in [2.24, 2.45) is 0 Å². The summed E-state index contributed by atoms with van der Waals surface area (Å²) in [5.41, 5.74) is 0. The van der Waals surface area contributed by atoms with E-state index < -0.39 is 0 Å². The SMILES string of the molecule is S=C1NCCCN1. The zero-order chi connectivity index (χ0) is 5.11. The average molecular weight is 116 g/mol. The number of thiocarbonyl (C=S) groups is 1. The number of hydrogen-bond acceptors (Lipinski definition) is 1. The molecule has 1 heterocycles. The summed E-state index contributed by atoms with van der Waals surface area (Å²) in [6.07, 6.45) is 1.18. The Morgan fingerprint density at radius 3 is 2.14 bits per heavy atom. The highest BCUT2D eigenvalue weighted by atomic mass is 32.1. The van der Waals surface area contributed by atoms with Crippen LogP contribution in [-0.4, -0.2) is 18.2 Å². The molecule has 40 valence electrons. The Balaban J connectivity index is 2.25. The standard InChI is InChI=1S/C4H8N2S/c7-4-5-2-1-3-6-4/h1-3H2,(H2,5,6,7). The first kappa shape index (κ1) is 4.84. The Morgan fingerprint density at radius 1 is 1.29 bits per heavy atom. The first-order valence-corrected chi connectivity index (χ1v) is 2.82. The topological polar surface area (TPSA) is 24.1 Å². The van der Waals surface area contributed by atoms with Crippen LogP contribution in [0.3, 0.4) is 0 Å². The Labute approximate surface area is 48.3 Å². The molecule has 1 rings (SSSR count). The zero-order valence-corrected chi connectivity index (χ0v) is 4.85. The van der Waals surface area contributed by atoms with Crippen LogP contribution in [-0.2, 0) is 0 Å². The van der Waals surface area contributed by atoms with E-state index in [1.807, 2.05) is 0 Å². The number of nitrogens with one attached hydrogen (secondary N) is 2. The molecule has 1 aliphatic rings. The van der Waals surface area contributed by atoms with Gasteiger partial charge in [-0.15, -0.1) is 0 Å². The van der Waals surface area contributed by atoms with E-state index in [0.29, 0.717) is 0 Å². The van der Waals surface area contributed by atoms with Crippen LogP contribution in [0.5, 0.6) is 0 Å². The molecule has 1 aliphatic heterocycles. The molecule has 1 saturated heterocycles. The molecular formula is C4H8N2S. The van der Waals surface area contributed by atoms with Crippen LogP contribution >= 0.6 is 12.2 Å². The molecule has 0 aromatic carbocycles. The molecule has 0 amide bonds. The minimum atomic E-state index is 0.797. The van der Waals surface area contributed by atoms with Crippen LogP contribution < -0.4 is 10.6 Å². The highest BCUT2D eigenvalue weighted by Gasteiger charge is 1.98. The van der Waals surface area contributed by atoms with Crippen LogP contribution in [0.4, 0.5) is 0 Å². The fourth-order valence-electron chi connectivity index (χ4n) is 0.555. The lowest BCUT2D eigenvalue weighted by Gasteiger charge is -2.14. The minimum absolute atomic E-state index is 0.797. The largest absolute Gasteiger partial charge is 0.363 e. The molecule has 7 heavy (non-hydrogen) atoms. The second-order valence-corrected chi connectivity index (χ2v) is 1.94. The highest BCUT2D eigenvalue weighted by Crippen LogP contribution is 1.80. The number of hydrogen-bond donors (Lipinski definition) is 2. The summed E-state index contributed by atoms with van der Waals surface area (Å²) in [6, 6.07) is 0. The monoisotopic (exact) mass is 116 g/mol. The van der Waals surface area contributed by atoms with Crippen LogP contribution in [0.1, 0.15) is 6.42 Å². The zero-order valence-electron chi connectivity index (χ0n) is 4.03. The maximum absolute atomic E-state index is 4.78. The molecule has 0 unspecified atom stereocenters. The molecule has 0 aromatic rings. The van der Waals surface area contributed by atoms with E-state index in [2.05, 4.69) is 10.6 Å². The Bertz CT molecular complexity index is 73.8. The summed E-state index contributed by atoms with van der Waals surface area (Å²) in [7, 11) is 0. The van der Waals surface area contributed by atoms with Crippen molar-refractivity contribution in [3.8, 4) is 0 Å². The molecule has 0 radical (unpaired) electrons. The van der Waals surface area contributed by atoms with E-state index in [9.17, 15) is 0 Å². The van der Waals surface area contributed by atoms with Gasteiger partial charge in [0.05, 0.1) is 0 Å². The molecule has 0 aliphatic carbocycles. The molecule has 0 aromatic heterocycles. The second-order valence-electron chi connectivity index (χ2n) is 1.54. The van der Waals surface area contributed by atoms with E-state index >= 15 is 0 Å². The number of rotatable bonds is 0. The first-order valence-electron chi connectivity index (χ1n) is 2.41. The molecule has 2 nitrogen and oxygen atoms in total. The molecule has 2 N–H and O–H groups in total. The van der Waals surface area contributed by atoms with Crippen LogP contribution in [0.2, 0.25) is 0 Å². The van der Waals surface area contributed by atoms with Crippen LogP contribution in [0.15, 0.2) is 0 Å². The third-order valence-corrected chi connectivity index (χ3v) is 1.21. The molecule has 0 spiro atoms. The van der Waals surface area contributed by atoms with Crippen LogP contribution in [0, 0.1) is 0 Å². The maximum atomic E-state index is 4.78. The molecule has 0 saturated carbocycles. The summed E-state index contributed by atoms with van der Waals surface area (Å²) >= 11 is 4.78. The van der Waals surface area contributed by atoms with Gasteiger partial charge in [-0.2, -0.15) is 0 Å². The molecule has 0 bridgehead atoms. The maximum Gasteiger partial charge on any atom is 0.166 e. The molecule has 0 atom stereocenters. The van der Waals surface area contributed by atoms with E-state index in [-0.39, 0.29) is 0 Å². The predicted molar refractivity (Wildman–Crippen MR) is 33.2 cm³/mol. The van der Waals surface area contributed by atoms with Gasteiger partial charge < -0.3 is 10.6 Å². The van der Waals surface area contributed by atoms with Crippen molar-refractivity contribution >= 4 is 17.3 Å². The summed E-state index contributed by atoms with van der Waals surface area (Å²) in [5, 5.41) is 6.80. The van der Waals surface area contributed by atoms with Crippen molar-refractivity contribution in [2.75, 3.05) is 13.1 Å². The predicted octanol–water partition coefficient (Wildman–Crippen LogP) is -0.146. The van der Waals surface area contributed by atoms with Gasteiger partial charge in [-0.05, 0) is 18.6 Å². The van der Waals surface area contributed by atoms with Gasteiger partial charge in [-0.3, -0.25) is 0 Å². The fourth-order valence-corrected chi connectivity index (χ4v) is 0.759. The van der Waals surface area contributed by atoms with Crippen molar-refractivity contribution in [2.45, 2.75) is 6.42 Å². The third-order valence-electron chi connectivity index (χ3n) is 0.925. The normalized spacial score (nSPS) is 20.3. The molecule has 3 heteroatoms. The summed E-state index contributed by atoms with van der Waals surface area (Å²) < 4.78 is 0. The fraction of sp³-hybridized carbons (Fsp3) is 0.750. The molecule has 1 fully saturated rings. The van der Waals surface area contributed by atoms with Crippen molar-refractivity contribution < 1.29 is 0 Å². The van der Waals surface area contributed by atoms with E-state index in [4.69, 9.17) is 12.2 Å². The van der Waals surface area contributed by atoms with Crippen molar-refractivity contribution in [3.05, 3.63) is 0 Å². The van der Waals surface area contributed by atoms with E-state index in [0.717, 1.165) is 18.2 Å². The first-order chi connectivity index (χ1) is 3.39. The van der Waals surface area contributed by atoms with Gasteiger partial charge in [0.15, 0.2) is 5.11 Å². The Morgan fingerprint density at radius 2 is 1.86 bits per heavy atom. The van der Waals surface area contributed by atoms with E-state index in [1.54, 1.807) is 0 Å². The smallest absolute Gasteiger partial charge is 0.166 e. The van der Waals surface area contributed by atoms with E-state index in [1.165, 1.54) is 6.42 Å². The van der Waals surface area contributed by atoms with Gasteiger partial charge in [0.1, 0.15) is 0 Å². The van der Waals surface area contributed by atoms with Crippen molar-refractivity contribution in [1.29, 1.82) is 0 Å². The summed E-state index contributed by atoms with van der Waals surface area (Å²) in [6.45, 7) is 2.07. The molecular weight excluding hydrogens is 108 g/mol. The Hall–Kier alpha value is -0.310. The quantitative estimate of drug-likeness (QED) is 0.431. The van der Waals surface area contributed by atoms with Crippen molar-refractivity contribution in [1.82, 2.24) is 10.6 Å². The van der Waals surface area contributed by atoms with Gasteiger partial charge in [0.25, 0.3) is 0 Å².